The summed E-state index contributed by atoms with van der Waals surface area (Å²) in [5.41, 5.74) is 5.14. The van der Waals surface area contributed by atoms with E-state index in [9.17, 15) is 9.59 Å². The maximum absolute atomic E-state index is 11.8. The van der Waals surface area contributed by atoms with E-state index in [1.54, 1.807) is 14.0 Å². The van der Waals surface area contributed by atoms with Crippen LogP contribution in [-0.4, -0.2) is 29.8 Å². The topological polar surface area (TPSA) is 63.4 Å². The Morgan fingerprint density at radius 2 is 1.87 bits per heavy atom. The van der Waals surface area contributed by atoms with Crippen molar-refractivity contribution in [3.05, 3.63) is 0 Å². The van der Waals surface area contributed by atoms with E-state index in [1.165, 1.54) is 4.90 Å². The van der Waals surface area contributed by atoms with Crippen LogP contribution in [0.15, 0.2) is 0 Å². The van der Waals surface area contributed by atoms with Gasteiger partial charge in [0.15, 0.2) is 0 Å². The number of unbranched alkanes of at least 4 members (excludes halogenated alkanes) is 1. The Morgan fingerprint density at radius 1 is 1.33 bits per heavy atom. The molecule has 0 unspecified atom stereocenters. The SMILES string of the molecule is CCCC[C@@H](C)C(=O)N(C)[C@H](C)C(N)=O. The van der Waals surface area contributed by atoms with Crippen LogP contribution in [0.25, 0.3) is 0 Å². The molecule has 0 saturated carbocycles. The molecule has 4 heteroatoms. The highest BCUT2D eigenvalue weighted by Crippen LogP contribution is 2.12. The molecule has 4 nitrogen and oxygen atoms in total. The highest BCUT2D eigenvalue weighted by molar-refractivity contribution is 5.86. The molecular formula is C11H22N2O2. The minimum atomic E-state index is -0.526. The van der Waals surface area contributed by atoms with Crippen LogP contribution in [0, 0.1) is 5.92 Å². The number of carbonyl (C=O) groups is 2. The van der Waals surface area contributed by atoms with Gasteiger partial charge in [-0.05, 0) is 13.3 Å². The van der Waals surface area contributed by atoms with Gasteiger partial charge in [-0.3, -0.25) is 9.59 Å². The molecule has 0 aliphatic rings. The number of nitrogens with two attached hydrogens (primary N) is 1. The average molecular weight is 214 g/mol. The first-order valence-electron chi connectivity index (χ1n) is 5.47. The van der Waals surface area contributed by atoms with Gasteiger partial charge >= 0.3 is 0 Å². The lowest BCUT2D eigenvalue weighted by molar-refractivity contribution is -0.140. The van der Waals surface area contributed by atoms with Crippen molar-refractivity contribution in [3.63, 3.8) is 0 Å². The van der Waals surface area contributed by atoms with Crippen molar-refractivity contribution < 1.29 is 9.59 Å². The molecule has 15 heavy (non-hydrogen) atoms. The lowest BCUT2D eigenvalue weighted by Gasteiger charge is -2.25. The lowest BCUT2D eigenvalue weighted by atomic mass is 10.0. The Hall–Kier alpha value is -1.06. The van der Waals surface area contributed by atoms with Gasteiger partial charge in [0.05, 0.1) is 0 Å². The maximum Gasteiger partial charge on any atom is 0.239 e. The number of amides is 2. The van der Waals surface area contributed by atoms with E-state index in [0.29, 0.717) is 0 Å². The summed E-state index contributed by atoms with van der Waals surface area (Å²) in [4.78, 5) is 24.2. The highest BCUT2D eigenvalue weighted by atomic mass is 16.2. The molecule has 2 atom stereocenters. The second-order valence-corrected chi connectivity index (χ2v) is 4.07. The van der Waals surface area contributed by atoms with Gasteiger partial charge < -0.3 is 10.6 Å². The summed E-state index contributed by atoms with van der Waals surface area (Å²) in [6, 6.07) is -0.526. The van der Waals surface area contributed by atoms with Gasteiger partial charge in [0.1, 0.15) is 6.04 Å². The number of carbonyl (C=O) groups excluding carboxylic acids is 2. The quantitative estimate of drug-likeness (QED) is 0.720. The summed E-state index contributed by atoms with van der Waals surface area (Å²) in [5, 5.41) is 0. The number of rotatable bonds is 6. The fourth-order valence-corrected chi connectivity index (χ4v) is 1.36. The van der Waals surface area contributed by atoms with Crippen LogP contribution in [0.3, 0.4) is 0 Å². The standard InChI is InChI=1S/C11H22N2O2/c1-5-6-7-8(2)11(15)13(4)9(3)10(12)14/h8-9H,5-7H2,1-4H3,(H2,12,14)/t8-,9-/m1/s1. The molecule has 0 spiro atoms. The van der Waals surface area contributed by atoms with Crippen LogP contribution in [0.1, 0.15) is 40.0 Å². The van der Waals surface area contributed by atoms with Gasteiger partial charge in [0, 0.05) is 13.0 Å². The second-order valence-electron chi connectivity index (χ2n) is 4.07. The molecule has 0 aliphatic heterocycles. The summed E-state index contributed by atoms with van der Waals surface area (Å²) in [7, 11) is 1.63. The molecule has 0 rings (SSSR count). The fourth-order valence-electron chi connectivity index (χ4n) is 1.36. The molecule has 0 heterocycles. The Morgan fingerprint density at radius 3 is 2.27 bits per heavy atom. The van der Waals surface area contributed by atoms with Crippen molar-refractivity contribution in [2.75, 3.05) is 7.05 Å². The smallest absolute Gasteiger partial charge is 0.239 e. The van der Waals surface area contributed by atoms with Crippen LogP contribution < -0.4 is 5.73 Å². The van der Waals surface area contributed by atoms with E-state index in [-0.39, 0.29) is 11.8 Å². The first-order chi connectivity index (χ1) is 6.91. The Balaban J connectivity index is 4.24. The highest BCUT2D eigenvalue weighted by Gasteiger charge is 2.23. The van der Waals surface area contributed by atoms with Gasteiger partial charge in [-0.1, -0.05) is 26.7 Å². The first-order valence-corrected chi connectivity index (χ1v) is 5.47. The van der Waals surface area contributed by atoms with Crippen molar-refractivity contribution in [1.82, 2.24) is 4.90 Å². The average Bonchev–Trinajstić information content (AvgIpc) is 2.22. The third-order valence-corrected chi connectivity index (χ3v) is 2.75. The van der Waals surface area contributed by atoms with Crippen molar-refractivity contribution in [2.24, 2.45) is 11.7 Å². The molecule has 0 aromatic heterocycles. The van der Waals surface area contributed by atoms with Crippen molar-refractivity contribution in [1.29, 1.82) is 0 Å². The van der Waals surface area contributed by atoms with Crippen LogP contribution in [0.5, 0.6) is 0 Å². The van der Waals surface area contributed by atoms with Crippen LogP contribution in [-0.2, 0) is 9.59 Å². The third-order valence-electron chi connectivity index (χ3n) is 2.75. The van der Waals surface area contributed by atoms with Gasteiger partial charge in [-0.2, -0.15) is 0 Å². The van der Waals surface area contributed by atoms with E-state index in [1.807, 2.05) is 6.92 Å². The number of primary amides is 1. The molecule has 0 bridgehead atoms. The maximum atomic E-state index is 11.8. The largest absolute Gasteiger partial charge is 0.368 e. The molecule has 0 saturated heterocycles. The van der Waals surface area contributed by atoms with Crippen LogP contribution in [0.2, 0.25) is 0 Å². The monoisotopic (exact) mass is 214 g/mol. The predicted octanol–water partition coefficient (Wildman–Crippen LogP) is 1.14. The zero-order chi connectivity index (χ0) is 12.0. The molecule has 0 aromatic carbocycles. The molecule has 0 fully saturated rings. The minimum absolute atomic E-state index is 0.00486. The number of hydrogen-bond donors (Lipinski definition) is 1. The predicted molar refractivity (Wildman–Crippen MR) is 60.1 cm³/mol. The molecule has 2 N–H and O–H groups in total. The minimum Gasteiger partial charge on any atom is -0.368 e. The molecular weight excluding hydrogens is 192 g/mol. The second kappa shape index (κ2) is 6.43. The number of nitrogens with zero attached hydrogens (tertiary/aromatic N) is 1. The zero-order valence-electron chi connectivity index (χ0n) is 10.1. The summed E-state index contributed by atoms with van der Waals surface area (Å²) in [5.74, 6) is -0.500. The Labute approximate surface area is 91.8 Å². The normalized spacial score (nSPS) is 14.4. The van der Waals surface area contributed by atoms with Gasteiger partial charge in [0.2, 0.25) is 11.8 Å². The summed E-state index contributed by atoms with van der Waals surface area (Å²) >= 11 is 0. The molecule has 0 aliphatic carbocycles. The summed E-state index contributed by atoms with van der Waals surface area (Å²) in [6.07, 6.45) is 2.98. The van der Waals surface area contributed by atoms with Crippen LogP contribution >= 0.6 is 0 Å². The van der Waals surface area contributed by atoms with E-state index in [2.05, 4.69) is 6.92 Å². The van der Waals surface area contributed by atoms with E-state index >= 15 is 0 Å². The number of likely N-dealkylation sites (N-methyl/N-ethyl adjacent to an activating group) is 1. The van der Waals surface area contributed by atoms with Gasteiger partial charge in [-0.25, -0.2) is 0 Å². The Kier molecular flexibility index (Phi) is 5.97. The Bertz CT molecular complexity index is 229. The van der Waals surface area contributed by atoms with Crippen molar-refractivity contribution >= 4 is 11.8 Å². The van der Waals surface area contributed by atoms with Gasteiger partial charge in [-0.15, -0.1) is 0 Å². The lowest BCUT2D eigenvalue weighted by Crippen LogP contribution is -2.45. The zero-order valence-corrected chi connectivity index (χ0v) is 10.1. The van der Waals surface area contributed by atoms with E-state index in [4.69, 9.17) is 5.73 Å². The van der Waals surface area contributed by atoms with E-state index < -0.39 is 11.9 Å². The molecule has 88 valence electrons. The van der Waals surface area contributed by atoms with Crippen molar-refractivity contribution in [2.45, 2.75) is 46.1 Å². The fraction of sp³-hybridized carbons (Fsp3) is 0.818. The number of hydrogen-bond acceptors (Lipinski definition) is 2. The first kappa shape index (κ1) is 13.9. The third kappa shape index (κ3) is 4.32. The summed E-state index contributed by atoms with van der Waals surface area (Å²) in [6.45, 7) is 5.63. The molecule has 0 radical (unpaired) electrons. The van der Waals surface area contributed by atoms with Gasteiger partial charge in [0.25, 0.3) is 0 Å². The molecule has 2 amide bonds. The summed E-state index contributed by atoms with van der Waals surface area (Å²) < 4.78 is 0. The van der Waals surface area contributed by atoms with E-state index in [0.717, 1.165) is 19.3 Å². The van der Waals surface area contributed by atoms with Crippen LogP contribution in [0.4, 0.5) is 0 Å². The van der Waals surface area contributed by atoms with Crippen molar-refractivity contribution in [3.8, 4) is 0 Å². The molecule has 0 aromatic rings.